The largest absolute Gasteiger partial charge is 0.349 e. The summed E-state index contributed by atoms with van der Waals surface area (Å²) in [5.74, 6) is 0.317. The second-order valence-corrected chi connectivity index (χ2v) is 6.17. The van der Waals surface area contributed by atoms with Crippen molar-refractivity contribution in [2.45, 2.75) is 46.2 Å². The molecule has 0 spiro atoms. The van der Waals surface area contributed by atoms with Crippen molar-refractivity contribution in [3.05, 3.63) is 47.7 Å². The van der Waals surface area contributed by atoms with Gasteiger partial charge in [-0.2, -0.15) is 5.10 Å². The van der Waals surface area contributed by atoms with E-state index in [4.69, 9.17) is 0 Å². The molecule has 0 saturated carbocycles. The molecule has 128 valence electrons. The van der Waals surface area contributed by atoms with Gasteiger partial charge in [0.15, 0.2) is 0 Å². The zero-order valence-electron chi connectivity index (χ0n) is 14.5. The Morgan fingerprint density at radius 1 is 1.17 bits per heavy atom. The molecule has 0 radical (unpaired) electrons. The molecule has 2 rings (SSSR count). The first kappa shape index (κ1) is 17.7. The van der Waals surface area contributed by atoms with Gasteiger partial charge in [0.1, 0.15) is 5.82 Å². The third-order valence-electron chi connectivity index (χ3n) is 3.67. The van der Waals surface area contributed by atoms with Gasteiger partial charge in [-0.3, -0.25) is 9.59 Å². The molecule has 2 aromatic rings. The summed E-state index contributed by atoms with van der Waals surface area (Å²) in [5.41, 5.74) is 2.04. The highest BCUT2D eigenvalue weighted by Crippen LogP contribution is 2.19. The lowest BCUT2D eigenvalue weighted by Crippen LogP contribution is -2.30. The van der Waals surface area contributed by atoms with Crippen LogP contribution < -0.4 is 10.6 Å². The standard InChI is InChI=1S/C18H24N4O2/c1-12(2)22-17(9-10-19-22)21-18(24)11-16(20-14(4)23)15-7-5-13(3)6-8-15/h5-10,12,16H,11H2,1-4H3,(H,20,23)(H,21,24). The molecule has 1 aromatic heterocycles. The molecular formula is C18H24N4O2. The molecule has 1 heterocycles. The van der Waals surface area contributed by atoms with Gasteiger partial charge in [0.25, 0.3) is 0 Å². The molecule has 0 aliphatic rings. The van der Waals surface area contributed by atoms with Crippen LogP contribution >= 0.6 is 0 Å². The number of nitrogens with one attached hydrogen (secondary N) is 2. The highest BCUT2D eigenvalue weighted by molar-refractivity contribution is 5.90. The van der Waals surface area contributed by atoms with Crippen molar-refractivity contribution in [2.24, 2.45) is 0 Å². The molecule has 0 bridgehead atoms. The zero-order chi connectivity index (χ0) is 17.7. The second-order valence-electron chi connectivity index (χ2n) is 6.17. The molecule has 6 nitrogen and oxygen atoms in total. The van der Waals surface area contributed by atoms with E-state index in [9.17, 15) is 9.59 Å². The SMILES string of the molecule is CC(=O)NC(CC(=O)Nc1ccnn1C(C)C)c1ccc(C)cc1. The minimum Gasteiger partial charge on any atom is -0.349 e. The molecule has 1 aromatic carbocycles. The van der Waals surface area contributed by atoms with Gasteiger partial charge < -0.3 is 10.6 Å². The summed E-state index contributed by atoms with van der Waals surface area (Å²) < 4.78 is 1.75. The third-order valence-corrected chi connectivity index (χ3v) is 3.67. The number of aromatic nitrogens is 2. The molecule has 24 heavy (non-hydrogen) atoms. The summed E-state index contributed by atoms with van der Waals surface area (Å²) in [5, 5.41) is 9.90. The minimum atomic E-state index is -0.362. The normalized spacial score (nSPS) is 12.0. The highest BCUT2D eigenvalue weighted by Gasteiger charge is 2.18. The van der Waals surface area contributed by atoms with Gasteiger partial charge in [-0.25, -0.2) is 4.68 Å². The Balaban J connectivity index is 2.11. The Hall–Kier alpha value is -2.63. The fourth-order valence-electron chi connectivity index (χ4n) is 2.50. The quantitative estimate of drug-likeness (QED) is 0.856. The van der Waals surface area contributed by atoms with Crippen LogP contribution in [0.1, 0.15) is 50.4 Å². The summed E-state index contributed by atoms with van der Waals surface area (Å²) in [6, 6.07) is 9.35. The van der Waals surface area contributed by atoms with Gasteiger partial charge in [0, 0.05) is 19.0 Å². The lowest BCUT2D eigenvalue weighted by atomic mass is 10.0. The zero-order valence-corrected chi connectivity index (χ0v) is 14.5. The number of rotatable bonds is 6. The predicted octanol–water partition coefficient (Wildman–Crippen LogP) is 2.98. The van der Waals surface area contributed by atoms with Crippen molar-refractivity contribution in [3.63, 3.8) is 0 Å². The van der Waals surface area contributed by atoms with Crippen molar-refractivity contribution in [2.75, 3.05) is 5.32 Å². The van der Waals surface area contributed by atoms with Crippen LogP contribution in [0.25, 0.3) is 0 Å². The summed E-state index contributed by atoms with van der Waals surface area (Å²) in [6.07, 6.45) is 1.81. The number of carbonyl (C=O) groups is 2. The second kappa shape index (κ2) is 7.77. The number of anilines is 1. The Morgan fingerprint density at radius 3 is 2.42 bits per heavy atom. The Morgan fingerprint density at radius 2 is 1.83 bits per heavy atom. The third kappa shape index (κ3) is 4.68. The fourth-order valence-corrected chi connectivity index (χ4v) is 2.50. The average molecular weight is 328 g/mol. The van der Waals surface area contributed by atoms with Gasteiger partial charge in [0.05, 0.1) is 18.7 Å². The first-order valence-electron chi connectivity index (χ1n) is 8.04. The summed E-state index contributed by atoms with van der Waals surface area (Å²) >= 11 is 0. The van der Waals surface area contributed by atoms with E-state index in [0.717, 1.165) is 11.1 Å². The van der Waals surface area contributed by atoms with E-state index in [1.54, 1.807) is 16.9 Å². The van der Waals surface area contributed by atoms with E-state index < -0.39 is 0 Å². The topological polar surface area (TPSA) is 76.0 Å². The lowest BCUT2D eigenvalue weighted by Gasteiger charge is -2.19. The maximum absolute atomic E-state index is 12.4. The number of benzene rings is 1. The molecule has 2 N–H and O–H groups in total. The molecule has 0 fully saturated rings. The van der Waals surface area contributed by atoms with Crippen molar-refractivity contribution in [1.29, 1.82) is 0 Å². The van der Waals surface area contributed by atoms with E-state index >= 15 is 0 Å². The number of amides is 2. The van der Waals surface area contributed by atoms with Crippen LogP contribution in [0.2, 0.25) is 0 Å². The fraction of sp³-hybridized carbons (Fsp3) is 0.389. The molecule has 0 saturated heterocycles. The monoisotopic (exact) mass is 328 g/mol. The first-order chi connectivity index (χ1) is 11.4. The summed E-state index contributed by atoms with van der Waals surface area (Å²) in [4.78, 5) is 23.9. The Bertz CT molecular complexity index is 704. The first-order valence-corrected chi connectivity index (χ1v) is 8.04. The van der Waals surface area contributed by atoms with Crippen molar-refractivity contribution < 1.29 is 9.59 Å². The Labute approximate surface area is 142 Å². The molecule has 6 heteroatoms. The maximum Gasteiger partial charge on any atom is 0.227 e. The highest BCUT2D eigenvalue weighted by atomic mass is 16.2. The van der Waals surface area contributed by atoms with Gasteiger partial charge in [0.2, 0.25) is 11.8 Å². The van der Waals surface area contributed by atoms with Crippen molar-refractivity contribution in [3.8, 4) is 0 Å². The number of hydrogen-bond acceptors (Lipinski definition) is 3. The van der Waals surface area contributed by atoms with Gasteiger partial charge in [-0.05, 0) is 26.3 Å². The number of aryl methyl sites for hydroxylation is 1. The van der Waals surface area contributed by atoms with Gasteiger partial charge in [-0.1, -0.05) is 29.8 Å². The van der Waals surface area contributed by atoms with E-state index in [-0.39, 0.29) is 30.3 Å². The minimum absolute atomic E-state index is 0.151. The van der Waals surface area contributed by atoms with Crippen molar-refractivity contribution >= 4 is 17.6 Å². The Kier molecular flexibility index (Phi) is 5.73. The van der Waals surface area contributed by atoms with Crippen LogP contribution in [-0.4, -0.2) is 21.6 Å². The van der Waals surface area contributed by atoms with E-state index in [1.165, 1.54) is 6.92 Å². The van der Waals surface area contributed by atoms with Crippen LogP contribution in [0, 0.1) is 6.92 Å². The molecule has 1 unspecified atom stereocenters. The number of carbonyl (C=O) groups excluding carboxylic acids is 2. The summed E-state index contributed by atoms with van der Waals surface area (Å²) in [7, 11) is 0. The lowest BCUT2D eigenvalue weighted by molar-refractivity contribution is -0.120. The smallest absolute Gasteiger partial charge is 0.227 e. The molecule has 2 amide bonds. The summed E-state index contributed by atoms with van der Waals surface area (Å²) in [6.45, 7) is 7.44. The predicted molar refractivity (Wildman–Crippen MR) is 93.6 cm³/mol. The van der Waals surface area contributed by atoms with Crippen LogP contribution in [0.15, 0.2) is 36.5 Å². The number of nitrogens with zero attached hydrogens (tertiary/aromatic N) is 2. The van der Waals surface area contributed by atoms with Gasteiger partial charge >= 0.3 is 0 Å². The number of hydrogen-bond donors (Lipinski definition) is 2. The van der Waals surface area contributed by atoms with Gasteiger partial charge in [-0.15, -0.1) is 0 Å². The van der Waals surface area contributed by atoms with Crippen LogP contribution in [0.4, 0.5) is 5.82 Å². The van der Waals surface area contributed by atoms with E-state index in [1.807, 2.05) is 45.0 Å². The van der Waals surface area contributed by atoms with Crippen LogP contribution in [-0.2, 0) is 9.59 Å². The average Bonchev–Trinajstić information content (AvgIpc) is 2.95. The van der Waals surface area contributed by atoms with E-state index in [2.05, 4.69) is 15.7 Å². The molecule has 1 atom stereocenters. The van der Waals surface area contributed by atoms with Crippen LogP contribution in [0.5, 0.6) is 0 Å². The molecule has 0 aliphatic carbocycles. The van der Waals surface area contributed by atoms with Crippen molar-refractivity contribution in [1.82, 2.24) is 15.1 Å². The molecule has 0 aliphatic heterocycles. The van der Waals surface area contributed by atoms with E-state index in [0.29, 0.717) is 5.82 Å². The maximum atomic E-state index is 12.4. The molecular weight excluding hydrogens is 304 g/mol. The van der Waals surface area contributed by atoms with Crippen LogP contribution in [0.3, 0.4) is 0 Å².